The number of nitrogens with two attached hydrogens (primary N) is 2. The van der Waals surface area contributed by atoms with Crippen molar-refractivity contribution in [2.75, 3.05) is 5.32 Å². The summed E-state index contributed by atoms with van der Waals surface area (Å²) in [6, 6.07) is 14.0. The van der Waals surface area contributed by atoms with E-state index in [0.717, 1.165) is 11.1 Å². The zero-order chi connectivity index (χ0) is 21.8. The average molecular weight is 408 g/mol. The SMILES string of the molecule is N=C(N)N=C(N)C[C@H]1C(=O)N(C(=O)Nc2ccccc2-c2ccccc2)[C@@H]1C(=O)O. The molecule has 0 spiro atoms. The van der Waals surface area contributed by atoms with Gasteiger partial charge >= 0.3 is 12.0 Å². The van der Waals surface area contributed by atoms with Crippen LogP contribution in [0.1, 0.15) is 6.42 Å². The van der Waals surface area contributed by atoms with Crippen LogP contribution in [0.15, 0.2) is 59.6 Å². The first-order chi connectivity index (χ1) is 14.3. The predicted octanol–water partition coefficient (Wildman–Crippen LogP) is 1.44. The number of β-lactam (4-membered cyclic amide) rings is 1. The molecular formula is C20H20N6O4. The molecule has 2 atom stereocenters. The Kier molecular flexibility index (Phi) is 5.77. The average Bonchev–Trinajstić information content (AvgIpc) is 2.70. The van der Waals surface area contributed by atoms with Crippen LogP contribution >= 0.6 is 0 Å². The van der Waals surface area contributed by atoms with Gasteiger partial charge in [0.15, 0.2) is 6.04 Å². The van der Waals surface area contributed by atoms with Crippen molar-refractivity contribution in [2.45, 2.75) is 12.5 Å². The van der Waals surface area contributed by atoms with Gasteiger partial charge in [-0.3, -0.25) is 10.2 Å². The molecule has 1 fully saturated rings. The highest BCUT2D eigenvalue weighted by Gasteiger charge is 2.55. The number of urea groups is 1. The quantitative estimate of drug-likeness (QED) is 0.284. The number of nitrogens with zero attached hydrogens (tertiary/aromatic N) is 2. The van der Waals surface area contributed by atoms with Crippen LogP contribution < -0.4 is 16.8 Å². The summed E-state index contributed by atoms with van der Waals surface area (Å²) in [5.41, 5.74) is 12.7. The summed E-state index contributed by atoms with van der Waals surface area (Å²) >= 11 is 0. The number of hydrogen-bond donors (Lipinski definition) is 5. The fraction of sp³-hybridized carbons (Fsp3) is 0.150. The van der Waals surface area contributed by atoms with Crippen molar-refractivity contribution in [1.82, 2.24) is 4.90 Å². The summed E-state index contributed by atoms with van der Waals surface area (Å²) in [4.78, 5) is 41.0. The second-order valence-corrected chi connectivity index (χ2v) is 6.63. The molecule has 0 saturated carbocycles. The number of carbonyl (C=O) groups is 3. The molecule has 0 aromatic heterocycles. The number of para-hydroxylation sites is 1. The van der Waals surface area contributed by atoms with Crippen molar-refractivity contribution >= 4 is 35.4 Å². The molecule has 10 heteroatoms. The molecule has 0 aliphatic carbocycles. The van der Waals surface area contributed by atoms with E-state index in [9.17, 15) is 19.5 Å². The van der Waals surface area contributed by atoms with Crippen LogP contribution in [-0.4, -0.2) is 45.8 Å². The van der Waals surface area contributed by atoms with E-state index in [-0.39, 0.29) is 12.3 Å². The Hall–Kier alpha value is -4.21. The lowest BCUT2D eigenvalue weighted by Gasteiger charge is -2.42. The molecule has 1 saturated heterocycles. The number of aliphatic imine (C=N–C) groups is 1. The summed E-state index contributed by atoms with van der Waals surface area (Å²) < 4.78 is 0. The summed E-state index contributed by atoms with van der Waals surface area (Å²) in [6.45, 7) is 0. The van der Waals surface area contributed by atoms with Gasteiger partial charge in [0.1, 0.15) is 5.84 Å². The van der Waals surface area contributed by atoms with E-state index in [2.05, 4.69) is 10.3 Å². The topological polar surface area (TPSA) is 175 Å². The first kappa shape index (κ1) is 20.5. The zero-order valence-corrected chi connectivity index (χ0v) is 15.8. The third-order valence-electron chi connectivity index (χ3n) is 4.63. The lowest BCUT2D eigenvalue weighted by atomic mass is 9.84. The number of anilines is 1. The van der Waals surface area contributed by atoms with Gasteiger partial charge in [-0.25, -0.2) is 19.5 Å². The van der Waals surface area contributed by atoms with Crippen molar-refractivity contribution in [3.05, 3.63) is 54.6 Å². The van der Waals surface area contributed by atoms with E-state index in [1.165, 1.54) is 0 Å². The maximum Gasteiger partial charge on any atom is 0.329 e. The molecule has 0 unspecified atom stereocenters. The van der Waals surface area contributed by atoms with Gasteiger partial charge in [-0.05, 0) is 11.6 Å². The number of likely N-dealkylation sites (tertiary alicyclic amines) is 1. The number of hydrogen-bond acceptors (Lipinski definition) is 4. The van der Waals surface area contributed by atoms with Crippen LogP contribution in [0.2, 0.25) is 0 Å². The van der Waals surface area contributed by atoms with Crippen molar-refractivity contribution in [3.63, 3.8) is 0 Å². The predicted molar refractivity (Wildman–Crippen MR) is 111 cm³/mol. The lowest BCUT2D eigenvalue weighted by molar-refractivity contribution is -0.164. The molecule has 0 bridgehead atoms. The van der Waals surface area contributed by atoms with Gasteiger partial charge in [0.25, 0.3) is 0 Å². The summed E-state index contributed by atoms with van der Waals surface area (Å²) in [5, 5.41) is 19.2. The van der Waals surface area contributed by atoms with Crippen LogP contribution in [0.5, 0.6) is 0 Å². The maximum absolute atomic E-state index is 12.7. The van der Waals surface area contributed by atoms with E-state index in [1.54, 1.807) is 24.3 Å². The van der Waals surface area contributed by atoms with E-state index in [1.807, 2.05) is 30.3 Å². The van der Waals surface area contributed by atoms with Crippen LogP contribution in [0.3, 0.4) is 0 Å². The molecule has 3 rings (SSSR count). The molecule has 7 N–H and O–H groups in total. The third-order valence-corrected chi connectivity index (χ3v) is 4.63. The number of benzene rings is 2. The van der Waals surface area contributed by atoms with Gasteiger partial charge in [-0.2, -0.15) is 0 Å². The fourth-order valence-corrected chi connectivity index (χ4v) is 3.32. The molecule has 1 aliphatic heterocycles. The monoisotopic (exact) mass is 408 g/mol. The number of carboxylic acids is 1. The molecule has 1 heterocycles. The van der Waals surface area contributed by atoms with E-state index in [4.69, 9.17) is 16.9 Å². The first-order valence-corrected chi connectivity index (χ1v) is 8.98. The number of amidine groups is 1. The molecule has 0 radical (unpaired) electrons. The standard InChI is InChI=1S/C20H20N6O4/c21-15(25-19(22)23)10-13-16(18(28)29)26(17(13)27)20(30)24-14-9-5-4-8-12(14)11-6-2-1-3-7-11/h1-9,13,16H,10H2,(H,24,30)(H,28,29)(H5,21,22,23,25)/t13-,16+/m1/s1. The van der Waals surface area contributed by atoms with Gasteiger partial charge in [0, 0.05) is 12.0 Å². The Morgan fingerprint density at radius 2 is 1.73 bits per heavy atom. The van der Waals surface area contributed by atoms with Crippen LogP contribution in [0.4, 0.5) is 10.5 Å². The van der Waals surface area contributed by atoms with Gasteiger partial charge in [-0.15, -0.1) is 0 Å². The third kappa shape index (κ3) is 4.12. The molecular weight excluding hydrogens is 388 g/mol. The van der Waals surface area contributed by atoms with Crippen LogP contribution in [0, 0.1) is 11.3 Å². The number of imide groups is 1. The van der Waals surface area contributed by atoms with E-state index < -0.39 is 35.8 Å². The smallest absolute Gasteiger partial charge is 0.329 e. The summed E-state index contributed by atoms with van der Waals surface area (Å²) in [7, 11) is 0. The molecule has 3 amide bonds. The molecule has 10 nitrogen and oxygen atoms in total. The van der Waals surface area contributed by atoms with Gasteiger partial charge in [0.2, 0.25) is 11.9 Å². The minimum atomic E-state index is -1.40. The highest BCUT2D eigenvalue weighted by molar-refractivity contribution is 6.13. The Labute approximate surface area is 171 Å². The highest BCUT2D eigenvalue weighted by atomic mass is 16.4. The number of carbonyl (C=O) groups excluding carboxylic acids is 2. The van der Waals surface area contributed by atoms with Crippen molar-refractivity contribution in [2.24, 2.45) is 22.4 Å². The second kappa shape index (κ2) is 8.43. The van der Waals surface area contributed by atoms with Gasteiger partial charge < -0.3 is 21.9 Å². The fourth-order valence-electron chi connectivity index (χ4n) is 3.32. The Balaban J connectivity index is 1.80. The second-order valence-electron chi connectivity index (χ2n) is 6.63. The lowest BCUT2D eigenvalue weighted by Crippen LogP contribution is -2.67. The Morgan fingerprint density at radius 1 is 1.10 bits per heavy atom. The highest BCUT2D eigenvalue weighted by Crippen LogP contribution is 2.32. The van der Waals surface area contributed by atoms with E-state index >= 15 is 0 Å². The van der Waals surface area contributed by atoms with Crippen molar-refractivity contribution in [3.8, 4) is 11.1 Å². The minimum absolute atomic E-state index is 0.151. The maximum atomic E-state index is 12.7. The Bertz CT molecular complexity index is 1040. The molecule has 154 valence electrons. The number of rotatable bonds is 5. The number of nitrogens with one attached hydrogen (secondary N) is 2. The summed E-state index contributed by atoms with van der Waals surface area (Å²) in [6.07, 6.45) is -0.222. The number of carboxylic acid groups (broad SMARTS) is 1. The van der Waals surface area contributed by atoms with E-state index in [0.29, 0.717) is 10.6 Å². The van der Waals surface area contributed by atoms with Crippen LogP contribution in [0.25, 0.3) is 11.1 Å². The van der Waals surface area contributed by atoms with Crippen molar-refractivity contribution in [1.29, 1.82) is 5.41 Å². The van der Waals surface area contributed by atoms with Crippen molar-refractivity contribution < 1.29 is 19.5 Å². The molecule has 1 aliphatic rings. The minimum Gasteiger partial charge on any atom is -0.480 e. The van der Waals surface area contributed by atoms with Gasteiger partial charge in [0.05, 0.1) is 11.6 Å². The van der Waals surface area contributed by atoms with Crippen LogP contribution in [-0.2, 0) is 9.59 Å². The summed E-state index contributed by atoms with van der Waals surface area (Å²) in [5.74, 6) is -3.82. The first-order valence-electron chi connectivity index (χ1n) is 8.98. The zero-order valence-electron chi connectivity index (χ0n) is 15.8. The van der Waals surface area contributed by atoms with Gasteiger partial charge in [-0.1, -0.05) is 48.5 Å². The largest absolute Gasteiger partial charge is 0.480 e. The Morgan fingerprint density at radius 3 is 2.37 bits per heavy atom. The molecule has 2 aromatic carbocycles. The normalized spacial score (nSPS) is 18.5. The molecule has 2 aromatic rings. The number of amides is 3. The number of guanidine groups is 1. The number of aliphatic carboxylic acids is 1. The molecule has 30 heavy (non-hydrogen) atoms.